The average molecular weight is 880 g/mol. The van der Waals surface area contributed by atoms with Gasteiger partial charge in [-0.25, -0.2) is 9.18 Å². The monoisotopic (exact) mass is 879 g/mol. The minimum Gasteiger partial charge on any atom is -0.455 e. The van der Waals surface area contributed by atoms with Crippen LogP contribution in [0.2, 0.25) is 0 Å². The van der Waals surface area contributed by atoms with Gasteiger partial charge < -0.3 is 33.7 Å². The Morgan fingerprint density at radius 1 is 1.10 bits per heavy atom. The zero-order valence-corrected chi connectivity index (χ0v) is 38.3. The lowest BCUT2D eigenvalue weighted by Crippen LogP contribution is -2.61. The van der Waals surface area contributed by atoms with E-state index in [1.807, 2.05) is 61.2 Å². The van der Waals surface area contributed by atoms with Gasteiger partial charge in [-0.15, -0.1) is 17.9 Å². The summed E-state index contributed by atoms with van der Waals surface area (Å²) < 4.78 is 48.8. The summed E-state index contributed by atoms with van der Waals surface area (Å²) in [5.74, 6) is -0.322. The lowest BCUT2D eigenvalue weighted by molar-refractivity contribution is -0.296. The van der Waals surface area contributed by atoms with Crippen LogP contribution in [0.25, 0.3) is 10.6 Å². The van der Waals surface area contributed by atoms with E-state index in [-0.39, 0.29) is 44.4 Å². The van der Waals surface area contributed by atoms with Crippen molar-refractivity contribution in [2.24, 2.45) is 23.2 Å². The number of hydrogen-bond acceptors (Lipinski definition) is 14. The minimum atomic E-state index is -3.22. The second-order valence-electron chi connectivity index (χ2n) is 18.5. The van der Waals surface area contributed by atoms with Crippen LogP contribution in [0, 0.1) is 35.0 Å². The normalized spacial score (nSPS) is 39.4. The molecule has 62 heavy (non-hydrogen) atoms. The first-order valence-corrected chi connectivity index (χ1v) is 22.3. The van der Waals surface area contributed by atoms with Crippen molar-refractivity contribution in [3.05, 3.63) is 54.1 Å². The number of carbonyl (C=O) groups excluding carboxylic acids is 4. The number of esters is 2. The molecule has 0 radical (unpaired) electrons. The van der Waals surface area contributed by atoms with Gasteiger partial charge in [0, 0.05) is 48.5 Å². The highest BCUT2D eigenvalue weighted by Crippen LogP contribution is 2.56. The number of alkyl halides is 1. The van der Waals surface area contributed by atoms with Crippen LogP contribution in [-0.2, 0) is 42.9 Å². The second-order valence-corrected chi connectivity index (χ2v) is 19.6. The van der Waals surface area contributed by atoms with E-state index in [0.29, 0.717) is 6.42 Å². The maximum absolute atomic E-state index is 17.2. The van der Waals surface area contributed by atoms with Crippen molar-refractivity contribution in [3.8, 4) is 22.4 Å². The summed E-state index contributed by atoms with van der Waals surface area (Å²) in [7, 11) is 3.65. The summed E-state index contributed by atoms with van der Waals surface area (Å²) >= 11 is 1.45. The number of ether oxygens (including phenoxy) is 5. The number of ketones is 2. The molecule has 338 valence electrons. The van der Waals surface area contributed by atoms with Crippen LogP contribution in [0.3, 0.4) is 0 Å². The fraction of sp³-hybridized carbons (Fsp3) is 0.638. The third-order valence-corrected chi connectivity index (χ3v) is 14.6. The van der Waals surface area contributed by atoms with Crippen LogP contribution < -0.4 is 0 Å². The predicted molar refractivity (Wildman–Crippen MR) is 230 cm³/mol. The molecular formula is C47H62FN3O10S. The smallest absolute Gasteiger partial charge is 0.351 e. The van der Waals surface area contributed by atoms with Crippen molar-refractivity contribution in [1.82, 2.24) is 14.8 Å². The number of cyclic esters (lactones) is 1. The molecule has 0 saturated carbocycles. The molecule has 2 aromatic heterocycles. The highest BCUT2D eigenvalue weighted by atomic mass is 32.1. The molecule has 1 N–H and O–H groups in total. The van der Waals surface area contributed by atoms with Crippen molar-refractivity contribution in [2.75, 3.05) is 33.8 Å². The number of Topliss-reactive ketones (excluding diaryl/α,β-unsaturated/α-hetero) is 2. The predicted octanol–water partition coefficient (Wildman–Crippen LogP) is 5.42. The van der Waals surface area contributed by atoms with Gasteiger partial charge in [0.05, 0.1) is 33.3 Å². The summed E-state index contributed by atoms with van der Waals surface area (Å²) in [6.45, 7) is 16.8. The highest BCUT2D eigenvalue weighted by Gasteiger charge is 2.71. The molecule has 6 rings (SSSR count). The Morgan fingerprint density at radius 2 is 1.82 bits per heavy atom. The van der Waals surface area contributed by atoms with Crippen LogP contribution in [0.5, 0.6) is 0 Å². The van der Waals surface area contributed by atoms with E-state index in [1.165, 1.54) is 18.3 Å². The molecule has 0 aliphatic carbocycles. The minimum absolute atomic E-state index is 0.0707. The Bertz CT molecular complexity index is 2070. The number of nitrogens with zero attached hydrogens (tertiary/aromatic N) is 3. The van der Waals surface area contributed by atoms with E-state index >= 15 is 9.18 Å². The molecule has 6 heterocycles. The first-order chi connectivity index (χ1) is 29.1. The lowest BCUT2D eigenvalue weighted by Gasteiger charge is -2.48. The van der Waals surface area contributed by atoms with Crippen molar-refractivity contribution in [2.45, 2.75) is 134 Å². The summed E-state index contributed by atoms with van der Waals surface area (Å²) in [5.41, 5.74) is -6.84. The number of aliphatic hydroxyl groups excluding tert-OH is 1. The molecule has 0 spiro atoms. The van der Waals surface area contributed by atoms with Gasteiger partial charge in [0.1, 0.15) is 30.6 Å². The topological polar surface area (TPSA) is 154 Å². The largest absolute Gasteiger partial charge is 0.455 e. The summed E-state index contributed by atoms with van der Waals surface area (Å²) in [4.78, 5) is 67.6. The third-order valence-electron chi connectivity index (χ3n) is 13.5. The van der Waals surface area contributed by atoms with Gasteiger partial charge in [0.25, 0.3) is 5.67 Å². The van der Waals surface area contributed by atoms with Crippen LogP contribution in [0.15, 0.2) is 49.2 Å². The Hall–Kier alpha value is -3.88. The average Bonchev–Trinajstić information content (AvgIpc) is 3.91. The van der Waals surface area contributed by atoms with Crippen molar-refractivity contribution < 1.29 is 52.4 Å². The number of rotatable bonds is 9. The second kappa shape index (κ2) is 18.3. The molecule has 13 nitrogen and oxygen atoms in total. The Morgan fingerprint density at radius 3 is 2.47 bits per heavy atom. The molecular weight excluding hydrogens is 818 g/mol. The molecule has 4 fully saturated rings. The summed E-state index contributed by atoms with van der Waals surface area (Å²) in [6, 6.07) is 8.17. The summed E-state index contributed by atoms with van der Waals surface area (Å²) in [6.07, 6.45) is -1.65. The fourth-order valence-electron chi connectivity index (χ4n) is 10.6. The number of halogens is 1. The molecule has 15 heteroatoms. The maximum Gasteiger partial charge on any atom is 0.351 e. The molecule has 0 amide bonds. The van der Waals surface area contributed by atoms with E-state index in [9.17, 15) is 19.5 Å². The molecule has 4 aliphatic heterocycles. The van der Waals surface area contributed by atoms with E-state index in [2.05, 4.69) is 23.4 Å². The van der Waals surface area contributed by atoms with Crippen LogP contribution in [0.1, 0.15) is 79.5 Å². The molecule has 14 atom stereocenters. The Balaban J connectivity index is 1.46. The summed E-state index contributed by atoms with van der Waals surface area (Å²) in [5, 5.41) is 11.7. The van der Waals surface area contributed by atoms with Crippen LogP contribution >= 0.6 is 11.3 Å². The standard InChI is InChI=1S/C47H62FN3O10S/c1-12-22-51-26-44(6)37-35(51)41(55)61-47(37,9)34(13-2)59-43(56)46(8,48)39(54)29(5)40(60-42-36(52)32(50(10)11)24-28(4)58-42)45(7,25-27(3)38(44)53)57-23-16-17-30-19-20-33(62-30)31-18-14-15-21-49-31/h12,14-15,18-21,27-29,32,34-37,40,42,52H,1,13,22-26H2,2-11H3/t27-,28-,29+,32+,34-,35?,36-,37?,40-,42+,44?,45+,46+,47-/m1/s1. The van der Waals surface area contributed by atoms with Gasteiger partial charge in [-0.1, -0.05) is 51.7 Å². The van der Waals surface area contributed by atoms with E-state index < -0.39 is 94.4 Å². The number of aliphatic hydroxyl groups is 1. The number of aromatic nitrogens is 1. The van der Waals surface area contributed by atoms with E-state index in [1.54, 1.807) is 46.9 Å². The van der Waals surface area contributed by atoms with Gasteiger partial charge in [-0.3, -0.25) is 24.3 Å². The van der Waals surface area contributed by atoms with E-state index in [0.717, 1.165) is 22.4 Å². The molecule has 0 aromatic carbocycles. The van der Waals surface area contributed by atoms with Gasteiger partial charge in [-0.05, 0) is 85.3 Å². The molecule has 4 saturated heterocycles. The quantitative estimate of drug-likeness (QED) is 0.148. The first-order valence-electron chi connectivity index (χ1n) is 21.5. The van der Waals surface area contributed by atoms with Crippen molar-refractivity contribution in [1.29, 1.82) is 0 Å². The van der Waals surface area contributed by atoms with Crippen molar-refractivity contribution >= 4 is 34.8 Å². The number of thiophene rings is 1. The molecule has 3 unspecified atom stereocenters. The number of hydrogen-bond donors (Lipinski definition) is 1. The Labute approximate surface area is 368 Å². The number of likely N-dealkylation sites (N-methyl/N-ethyl adjacent to an activating group) is 1. The zero-order chi connectivity index (χ0) is 45.5. The lowest BCUT2D eigenvalue weighted by atomic mass is 9.62. The number of likely N-dealkylation sites (tertiary alicyclic amines) is 1. The van der Waals surface area contributed by atoms with Crippen LogP contribution in [0.4, 0.5) is 4.39 Å². The Kier molecular flexibility index (Phi) is 14.1. The highest BCUT2D eigenvalue weighted by molar-refractivity contribution is 7.16. The molecule has 0 bridgehead atoms. The van der Waals surface area contributed by atoms with Gasteiger partial charge in [0.15, 0.2) is 17.7 Å². The SMILES string of the molecule is C=CCN1CC2(C)C(=O)[C@H](C)C[C@](C)(OCC#Cc3ccc(-c4ccccn4)s3)[C@H](O[C@@H]3O[C@H](C)C[C@H](N(C)C)[C@H]3O)[C@@H](C)C(=O)[C@](C)(F)C(=O)O[C@H](CC)[C@@]3(C)OC(=O)C1C23. The van der Waals surface area contributed by atoms with Gasteiger partial charge in [-0.2, -0.15) is 0 Å². The first kappa shape index (κ1) is 47.6. The van der Waals surface area contributed by atoms with Gasteiger partial charge >= 0.3 is 11.9 Å². The number of carbonyl (C=O) groups is 4. The third kappa shape index (κ3) is 8.81. The van der Waals surface area contributed by atoms with Crippen LogP contribution in [-0.4, -0.2) is 137 Å². The maximum atomic E-state index is 17.2. The molecule has 4 aliphatic rings. The van der Waals surface area contributed by atoms with E-state index in [4.69, 9.17) is 23.7 Å². The zero-order valence-electron chi connectivity index (χ0n) is 37.5. The molecule has 2 aromatic rings. The fourth-order valence-corrected chi connectivity index (χ4v) is 11.4. The van der Waals surface area contributed by atoms with Gasteiger partial charge in [0.2, 0.25) is 0 Å². The van der Waals surface area contributed by atoms with Crippen molar-refractivity contribution in [3.63, 3.8) is 0 Å². The number of pyridine rings is 1.